The summed E-state index contributed by atoms with van der Waals surface area (Å²) in [7, 11) is 3.19. The number of phenolic OH excluding ortho intramolecular Hbond substituents is 1. The molecule has 0 unspecified atom stereocenters. The lowest BCUT2D eigenvalue weighted by atomic mass is 9.84. The zero-order valence-electron chi connectivity index (χ0n) is 21.7. The molecule has 7 heteroatoms. The van der Waals surface area contributed by atoms with Crippen LogP contribution in [0.25, 0.3) is 0 Å². The summed E-state index contributed by atoms with van der Waals surface area (Å²) in [6, 6.07) is 25.0. The van der Waals surface area contributed by atoms with Crippen molar-refractivity contribution in [2.24, 2.45) is 0 Å². The molecule has 1 aliphatic rings. The van der Waals surface area contributed by atoms with Crippen molar-refractivity contribution in [3.63, 3.8) is 0 Å². The molecule has 7 nitrogen and oxygen atoms in total. The molecule has 5 rings (SSSR count). The number of aromatic hydroxyl groups is 1. The highest BCUT2D eigenvalue weighted by Crippen LogP contribution is 2.46. The molecule has 4 aromatic rings. The third-order valence-corrected chi connectivity index (χ3v) is 6.80. The molecule has 0 saturated heterocycles. The topological polar surface area (TPSA) is 91.3 Å². The third kappa shape index (κ3) is 5.43. The number of carbonyl (C=O) groups excluding carboxylic acids is 2. The van der Waals surface area contributed by atoms with Gasteiger partial charge in [-0.05, 0) is 47.5 Å². The average molecular weight is 525 g/mol. The third-order valence-electron chi connectivity index (χ3n) is 6.80. The molecule has 1 aliphatic heterocycles. The Morgan fingerprint density at radius 2 is 1.69 bits per heavy atom. The molecule has 0 bridgehead atoms. The minimum absolute atomic E-state index is 0.00115. The SMILES string of the molecule is COc1ccc(CCOc2cc([C@@H]3CC(=O)Oc4ccc(C(=O)c5ccccc5)c(O)c43)ccc2OC)cc1. The monoisotopic (exact) mass is 524 g/mol. The summed E-state index contributed by atoms with van der Waals surface area (Å²) in [4.78, 5) is 25.7. The summed E-state index contributed by atoms with van der Waals surface area (Å²) >= 11 is 0. The van der Waals surface area contributed by atoms with Crippen LogP contribution >= 0.6 is 0 Å². The second-order valence-corrected chi connectivity index (χ2v) is 9.16. The molecule has 0 fully saturated rings. The number of carbonyl (C=O) groups is 2. The number of phenols is 1. The largest absolute Gasteiger partial charge is 0.507 e. The number of fused-ring (bicyclic) bond motifs is 1. The Morgan fingerprint density at radius 1 is 0.923 bits per heavy atom. The molecular weight excluding hydrogens is 496 g/mol. The van der Waals surface area contributed by atoms with Gasteiger partial charge in [0.15, 0.2) is 17.3 Å². The fourth-order valence-corrected chi connectivity index (χ4v) is 4.75. The summed E-state index contributed by atoms with van der Waals surface area (Å²) in [6.07, 6.45) is 0.670. The van der Waals surface area contributed by atoms with Crippen LogP contribution in [0.15, 0.2) is 84.9 Å². The van der Waals surface area contributed by atoms with Crippen molar-refractivity contribution in [3.8, 4) is 28.7 Å². The molecule has 0 amide bonds. The highest BCUT2D eigenvalue weighted by atomic mass is 16.5. The van der Waals surface area contributed by atoms with Crippen LogP contribution in [0.4, 0.5) is 0 Å². The predicted molar refractivity (Wildman–Crippen MR) is 145 cm³/mol. The van der Waals surface area contributed by atoms with Gasteiger partial charge in [-0.3, -0.25) is 9.59 Å². The molecule has 0 aliphatic carbocycles. The Balaban J connectivity index is 1.44. The molecular formula is C32H28O7. The first-order chi connectivity index (χ1) is 19.0. The van der Waals surface area contributed by atoms with E-state index in [0.29, 0.717) is 35.7 Å². The number of hydrogen-bond donors (Lipinski definition) is 1. The van der Waals surface area contributed by atoms with Crippen molar-refractivity contribution >= 4 is 11.8 Å². The van der Waals surface area contributed by atoms with Gasteiger partial charge in [0, 0.05) is 23.5 Å². The van der Waals surface area contributed by atoms with Gasteiger partial charge in [-0.25, -0.2) is 0 Å². The van der Waals surface area contributed by atoms with Crippen LogP contribution in [-0.2, 0) is 11.2 Å². The van der Waals surface area contributed by atoms with Crippen LogP contribution in [-0.4, -0.2) is 37.7 Å². The van der Waals surface area contributed by atoms with Gasteiger partial charge in [-0.15, -0.1) is 0 Å². The molecule has 0 radical (unpaired) electrons. The average Bonchev–Trinajstić information content (AvgIpc) is 2.97. The number of methoxy groups -OCH3 is 2. The second-order valence-electron chi connectivity index (χ2n) is 9.16. The van der Waals surface area contributed by atoms with Gasteiger partial charge in [0.2, 0.25) is 0 Å². The van der Waals surface area contributed by atoms with Crippen molar-refractivity contribution in [2.45, 2.75) is 18.8 Å². The molecule has 1 heterocycles. The predicted octanol–water partition coefficient (Wildman–Crippen LogP) is 5.70. The maximum absolute atomic E-state index is 13.2. The minimum atomic E-state index is -0.542. The number of ether oxygens (including phenoxy) is 4. The molecule has 0 spiro atoms. The number of rotatable bonds is 9. The standard InChI is InChI=1S/C32H28O7/c1-36-23-11-8-20(9-12-23)16-17-38-28-18-22(10-14-26(28)37-2)25-19-29(33)39-27-15-13-24(32(35)30(25)27)31(34)21-6-4-3-5-7-21/h3-15,18,25,35H,16-17,19H2,1-2H3/t25-/m0/s1. The molecule has 4 aromatic carbocycles. The van der Waals surface area contributed by atoms with Crippen LogP contribution in [0.2, 0.25) is 0 Å². The van der Waals surface area contributed by atoms with Crippen molar-refractivity contribution < 1.29 is 33.6 Å². The van der Waals surface area contributed by atoms with E-state index in [1.165, 1.54) is 6.07 Å². The van der Waals surface area contributed by atoms with Crippen LogP contribution in [0.5, 0.6) is 28.7 Å². The maximum Gasteiger partial charge on any atom is 0.312 e. The minimum Gasteiger partial charge on any atom is -0.507 e. The lowest BCUT2D eigenvalue weighted by Crippen LogP contribution is -2.22. The first-order valence-electron chi connectivity index (χ1n) is 12.6. The quantitative estimate of drug-likeness (QED) is 0.171. The fraction of sp³-hybridized carbons (Fsp3) is 0.188. The Kier molecular flexibility index (Phi) is 7.50. The van der Waals surface area contributed by atoms with Gasteiger partial charge < -0.3 is 24.1 Å². The zero-order valence-corrected chi connectivity index (χ0v) is 21.7. The Bertz CT molecular complexity index is 1490. The summed E-state index contributed by atoms with van der Waals surface area (Å²) in [6.45, 7) is 0.399. The Morgan fingerprint density at radius 3 is 2.41 bits per heavy atom. The van der Waals surface area contributed by atoms with E-state index >= 15 is 0 Å². The van der Waals surface area contributed by atoms with Crippen molar-refractivity contribution in [1.29, 1.82) is 0 Å². The van der Waals surface area contributed by atoms with Gasteiger partial charge in [0.25, 0.3) is 0 Å². The van der Waals surface area contributed by atoms with E-state index in [0.717, 1.165) is 16.9 Å². The van der Waals surface area contributed by atoms with Crippen LogP contribution in [0.3, 0.4) is 0 Å². The first-order valence-corrected chi connectivity index (χ1v) is 12.6. The molecule has 39 heavy (non-hydrogen) atoms. The zero-order chi connectivity index (χ0) is 27.4. The Hall–Kier alpha value is -4.78. The van der Waals surface area contributed by atoms with Crippen LogP contribution in [0.1, 0.15) is 45.0 Å². The van der Waals surface area contributed by atoms with E-state index in [9.17, 15) is 14.7 Å². The van der Waals surface area contributed by atoms with E-state index in [1.807, 2.05) is 42.5 Å². The highest BCUT2D eigenvalue weighted by Gasteiger charge is 2.34. The van der Waals surface area contributed by atoms with Crippen LogP contribution in [0, 0.1) is 0 Å². The van der Waals surface area contributed by atoms with Crippen molar-refractivity contribution in [3.05, 3.63) is 113 Å². The lowest BCUT2D eigenvalue weighted by molar-refractivity contribution is -0.135. The van der Waals surface area contributed by atoms with E-state index in [4.69, 9.17) is 18.9 Å². The molecule has 198 valence electrons. The van der Waals surface area contributed by atoms with E-state index in [-0.39, 0.29) is 29.3 Å². The molecule has 1 atom stereocenters. The number of ketones is 1. The van der Waals surface area contributed by atoms with Crippen molar-refractivity contribution in [1.82, 2.24) is 0 Å². The van der Waals surface area contributed by atoms with Gasteiger partial charge in [-0.2, -0.15) is 0 Å². The summed E-state index contributed by atoms with van der Waals surface area (Å²) in [5.41, 5.74) is 2.82. The lowest BCUT2D eigenvalue weighted by Gasteiger charge is -2.27. The van der Waals surface area contributed by atoms with E-state index in [2.05, 4.69) is 0 Å². The normalized spacial score (nSPS) is 14.2. The van der Waals surface area contributed by atoms with Gasteiger partial charge in [-0.1, -0.05) is 48.5 Å². The summed E-state index contributed by atoms with van der Waals surface area (Å²) < 4.78 is 22.2. The number of esters is 1. The highest BCUT2D eigenvalue weighted by molar-refractivity contribution is 6.11. The first kappa shape index (κ1) is 25.9. The van der Waals surface area contributed by atoms with E-state index < -0.39 is 11.9 Å². The molecule has 0 saturated carbocycles. The number of benzene rings is 4. The smallest absolute Gasteiger partial charge is 0.312 e. The summed E-state index contributed by atoms with van der Waals surface area (Å²) in [5, 5.41) is 11.3. The second kappa shape index (κ2) is 11.3. The van der Waals surface area contributed by atoms with Gasteiger partial charge >= 0.3 is 5.97 Å². The Labute approximate surface area is 226 Å². The van der Waals surface area contributed by atoms with Gasteiger partial charge in [0.1, 0.15) is 17.2 Å². The van der Waals surface area contributed by atoms with Gasteiger partial charge in [0.05, 0.1) is 32.8 Å². The van der Waals surface area contributed by atoms with E-state index in [1.54, 1.807) is 50.6 Å². The maximum atomic E-state index is 13.2. The van der Waals surface area contributed by atoms with Crippen molar-refractivity contribution in [2.75, 3.05) is 20.8 Å². The molecule has 1 N–H and O–H groups in total. The molecule has 0 aromatic heterocycles. The fourth-order valence-electron chi connectivity index (χ4n) is 4.75. The number of hydrogen-bond acceptors (Lipinski definition) is 7. The van der Waals surface area contributed by atoms with Crippen LogP contribution < -0.4 is 18.9 Å². The summed E-state index contributed by atoms with van der Waals surface area (Å²) in [5.74, 6) is 0.601.